The lowest BCUT2D eigenvalue weighted by atomic mass is 10.1. The minimum Gasteiger partial charge on any atom is -0.508 e. The van der Waals surface area contributed by atoms with Crippen molar-refractivity contribution in [2.24, 2.45) is 0 Å². The molecule has 2 nitrogen and oxygen atoms in total. The quantitative estimate of drug-likeness (QED) is 0.722. The lowest BCUT2D eigenvalue weighted by molar-refractivity contribution is -0.136. The molecule has 16 heavy (non-hydrogen) atoms. The molecule has 0 amide bonds. The number of hydrogen-bond acceptors (Lipinski definition) is 2. The summed E-state index contributed by atoms with van der Waals surface area (Å²) in [7, 11) is 0. The number of nitrogens with zero attached hydrogens (tertiary/aromatic N) is 1. The predicted octanol–water partition coefficient (Wildman–Crippen LogP) is 3.61. The van der Waals surface area contributed by atoms with Crippen LogP contribution in [0, 0.1) is 0 Å². The molecule has 0 saturated heterocycles. The van der Waals surface area contributed by atoms with Crippen molar-refractivity contribution < 1.29 is 18.3 Å². The van der Waals surface area contributed by atoms with E-state index < -0.39 is 11.7 Å². The van der Waals surface area contributed by atoms with Crippen molar-refractivity contribution >= 4 is 22.4 Å². The molecule has 0 aliphatic carbocycles. The van der Waals surface area contributed by atoms with Crippen molar-refractivity contribution in [3.05, 3.63) is 35.1 Å². The number of rotatable bonds is 0. The van der Waals surface area contributed by atoms with Crippen LogP contribution in [0.5, 0.6) is 5.75 Å². The second kappa shape index (κ2) is 3.52. The van der Waals surface area contributed by atoms with E-state index in [1.807, 2.05) is 0 Å². The summed E-state index contributed by atoms with van der Waals surface area (Å²) in [5.74, 6) is -0.157. The number of alkyl halides is 3. The second-order valence-corrected chi connectivity index (χ2v) is 3.55. The zero-order chi connectivity index (χ0) is 11.9. The van der Waals surface area contributed by atoms with Gasteiger partial charge in [-0.05, 0) is 23.6 Å². The molecule has 0 fully saturated rings. The molecular weight excluding hydrogens is 243 g/mol. The van der Waals surface area contributed by atoms with E-state index in [1.165, 1.54) is 12.1 Å². The van der Waals surface area contributed by atoms with Gasteiger partial charge in [0.1, 0.15) is 10.9 Å². The Labute approximate surface area is 93.3 Å². The van der Waals surface area contributed by atoms with Gasteiger partial charge in [0.05, 0.1) is 5.56 Å². The Bertz CT molecular complexity index is 553. The summed E-state index contributed by atoms with van der Waals surface area (Å²) in [6.07, 6.45) is -3.81. The molecule has 1 aromatic heterocycles. The predicted molar refractivity (Wildman–Crippen MR) is 53.4 cm³/mol. The summed E-state index contributed by atoms with van der Waals surface area (Å²) in [4.78, 5) is 3.45. The Morgan fingerprint density at radius 3 is 2.50 bits per heavy atom. The van der Waals surface area contributed by atoms with Gasteiger partial charge in [-0.1, -0.05) is 11.6 Å². The van der Waals surface area contributed by atoms with E-state index in [2.05, 4.69) is 4.98 Å². The van der Waals surface area contributed by atoms with Crippen LogP contribution in [0.25, 0.3) is 10.8 Å². The summed E-state index contributed by atoms with van der Waals surface area (Å²) >= 11 is 5.66. The third-order valence-corrected chi connectivity index (χ3v) is 2.43. The van der Waals surface area contributed by atoms with Gasteiger partial charge in [-0.15, -0.1) is 0 Å². The van der Waals surface area contributed by atoms with Crippen LogP contribution in [-0.2, 0) is 6.18 Å². The molecule has 0 spiro atoms. The molecule has 0 saturated carbocycles. The number of fused-ring (bicyclic) bond motifs is 1. The van der Waals surface area contributed by atoms with Crippen LogP contribution in [0.4, 0.5) is 13.2 Å². The standard InChI is InChI=1S/C10H5ClF3NO/c11-9-7-3-5(16)1-2-6(7)8(4-15-9)10(12,13)14/h1-4,16H. The zero-order valence-electron chi connectivity index (χ0n) is 7.72. The number of phenols is 1. The van der Waals surface area contributed by atoms with E-state index in [1.54, 1.807) is 0 Å². The molecule has 0 aliphatic heterocycles. The van der Waals surface area contributed by atoms with E-state index in [-0.39, 0.29) is 21.7 Å². The molecule has 6 heteroatoms. The summed E-state index contributed by atoms with van der Waals surface area (Å²) in [6, 6.07) is 3.49. The van der Waals surface area contributed by atoms with Gasteiger partial charge in [-0.25, -0.2) is 4.98 Å². The van der Waals surface area contributed by atoms with Gasteiger partial charge in [-0.3, -0.25) is 0 Å². The molecule has 2 aromatic rings. The van der Waals surface area contributed by atoms with E-state index in [0.717, 1.165) is 6.07 Å². The van der Waals surface area contributed by atoms with Crippen LogP contribution >= 0.6 is 11.6 Å². The topological polar surface area (TPSA) is 33.1 Å². The van der Waals surface area contributed by atoms with Crippen molar-refractivity contribution in [1.29, 1.82) is 0 Å². The van der Waals surface area contributed by atoms with Crippen molar-refractivity contribution in [2.75, 3.05) is 0 Å². The third-order valence-electron chi connectivity index (χ3n) is 2.13. The van der Waals surface area contributed by atoms with Crippen LogP contribution in [0.15, 0.2) is 24.4 Å². The largest absolute Gasteiger partial charge is 0.508 e. The summed E-state index contributed by atoms with van der Waals surface area (Å²) in [5.41, 5.74) is -0.869. The highest BCUT2D eigenvalue weighted by Gasteiger charge is 2.33. The highest BCUT2D eigenvalue weighted by molar-refractivity contribution is 6.34. The Morgan fingerprint density at radius 1 is 1.19 bits per heavy atom. The lowest BCUT2D eigenvalue weighted by Gasteiger charge is -2.10. The van der Waals surface area contributed by atoms with Crippen LogP contribution < -0.4 is 0 Å². The highest BCUT2D eigenvalue weighted by atomic mass is 35.5. The van der Waals surface area contributed by atoms with Crippen molar-refractivity contribution in [1.82, 2.24) is 4.98 Å². The fourth-order valence-corrected chi connectivity index (χ4v) is 1.63. The van der Waals surface area contributed by atoms with Crippen molar-refractivity contribution in [2.45, 2.75) is 6.18 Å². The van der Waals surface area contributed by atoms with E-state index in [0.29, 0.717) is 6.20 Å². The maximum absolute atomic E-state index is 12.6. The molecule has 1 heterocycles. The number of pyridine rings is 1. The SMILES string of the molecule is Oc1ccc2c(C(F)(F)F)cnc(Cl)c2c1. The summed E-state index contributed by atoms with van der Waals surface area (Å²) in [6.45, 7) is 0. The number of aromatic hydroxyl groups is 1. The maximum Gasteiger partial charge on any atom is 0.418 e. The highest BCUT2D eigenvalue weighted by Crippen LogP contribution is 2.37. The molecule has 1 N–H and O–H groups in total. The Morgan fingerprint density at radius 2 is 1.88 bits per heavy atom. The number of benzene rings is 1. The first-order chi connectivity index (χ1) is 7.39. The number of phenolic OH excluding ortho intramolecular Hbond substituents is 1. The van der Waals surface area contributed by atoms with E-state index >= 15 is 0 Å². The van der Waals surface area contributed by atoms with E-state index in [9.17, 15) is 18.3 Å². The normalized spacial score (nSPS) is 12.0. The molecule has 0 atom stereocenters. The van der Waals surface area contributed by atoms with Gasteiger partial charge in [0, 0.05) is 11.6 Å². The Hall–Kier alpha value is -1.49. The molecular formula is C10H5ClF3NO. The maximum atomic E-state index is 12.6. The average molecular weight is 248 g/mol. The lowest BCUT2D eigenvalue weighted by Crippen LogP contribution is -2.06. The fraction of sp³-hybridized carbons (Fsp3) is 0.100. The monoisotopic (exact) mass is 247 g/mol. The number of aromatic nitrogens is 1. The number of halogens is 4. The molecule has 2 rings (SSSR count). The second-order valence-electron chi connectivity index (χ2n) is 3.19. The number of hydrogen-bond donors (Lipinski definition) is 1. The first-order valence-corrected chi connectivity index (χ1v) is 4.62. The molecule has 0 bridgehead atoms. The first kappa shape index (κ1) is 11.0. The minimum atomic E-state index is -4.49. The van der Waals surface area contributed by atoms with Gasteiger partial charge in [0.15, 0.2) is 0 Å². The van der Waals surface area contributed by atoms with Crippen LogP contribution in [0.2, 0.25) is 5.15 Å². The van der Waals surface area contributed by atoms with Crippen LogP contribution in [0.1, 0.15) is 5.56 Å². The summed E-state index contributed by atoms with van der Waals surface area (Å²) < 4.78 is 37.8. The average Bonchev–Trinajstić information content (AvgIpc) is 2.17. The molecule has 0 unspecified atom stereocenters. The summed E-state index contributed by atoms with van der Waals surface area (Å²) in [5, 5.41) is 9.11. The molecule has 1 aromatic carbocycles. The minimum absolute atomic E-state index is 0.0705. The Balaban J connectivity index is 2.85. The van der Waals surface area contributed by atoms with Crippen molar-refractivity contribution in [3.63, 3.8) is 0 Å². The molecule has 0 aliphatic rings. The van der Waals surface area contributed by atoms with Gasteiger partial charge in [-0.2, -0.15) is 13.2 Å². The van der Waals surface area contributed by atoms with Crippen LogP contribution in [-0.4, -0.2) is 10.1 Å². The van der Waals surface area contributed by atoms with E-state index in [4.69, 9.17) is 11.6 Å². The van der Waals surface area contributed by atoms with Crippen LogP contribution in [0.3, 0.4) is 0 Å². The molecule has 0 radical (unpaired) electrons. The van der Waals surface area contributed by atoms with Gasteiger partial charge >= 0.3 is 6.18 Å². The van der Waals surface area contributed by atoms with Gasteiger partial charge < -0.3 is 5.11 Å². The van der Waals surface area contributed by atoms with Crippen molar-refractivity contribution in [3.8, 4) is 5.75 Å². The van der Waals surface area contributed by atoms with Gasteiger partial charge in [0.2, 0.25) is 0 Å². The third kappa shape index (κ3) is 1.78. The molecule has 84 valence electrons. The smallest absolute Gasteiger partial charge is 0.418 e. The van der Waals surface area contributed by atoms with Gasteiger partial charge in [0.25, 0.3) is 0 Å². The Kier molecular flexibility index (Phi) is 2.42. The zero-order valence-corrected chi connectivity index (χ0v) is 8.47. The first-order valence-electron chi connectivity index (χ1n) is 4.24. The fourth-order valence-electron chi connectivity index (χ4n) is 1.42.